The van der Waals surface area contributed by atoms with Gasteiger partial charge in [-0.2, -0.15) is 0 Å². The lowest BCUT2D eigenvalue weighted by molar-refractivity contribution is 0.876. The van der Waals surface area contributed by atoms with Gasteiger partial charge in [0.25, 0.3) is 0 Å². The van der Waals surface area contributed by atoms with Crippen LogP contribution in [0.5, 0.6) is 0 Å². The molecule has 0 N–H and O–H groups in total. The molecule has 0 radical (unpaired) electrons. The zero-order valence-corrected chi connectivity index (χ0v) is 21.8. The van der Waals surface area contributed by atoms with Crippen molar-refractivity contribution in [2.24, 2.45) is 0 Å². The van der Waals surface area contributed by atoms with E-state index in [9.17, 15) is 0 Å². The Morgan fingerprint density at radius 2 is 1.59 bits per heavy atom. The van der Waals surface area contributed by atoms with Crippen LogP contribution < -0.4 is 5.19 Å². The summed E-state index contributed by atoms with van der Waals surface area (Å²) in [6.07, 6.45) is 1.73. The highest BCUT2D eigenvalue weighted by molar-refractivity contribution is 7.26. The van der Waals surface area contributed by atoms with Crippen LogP contribution in [0.25, 0.3) is 42.3 Å². The van der Waals surface area contributed by atoms with E-state index >= 15 is 0 Å². The van der Waals surface area contributed by atoms with Gasteiger partial charge in [-0.15, -0.1) is 11.3 Å². The van der Waals surface area contributed by atoms with Gasteiger partial charge in [-0.1, -0.05) is 62.9 Å². The molecule has 3 aromatic carbocycles. The van der Waals surface area contributed by atoms with Crippen molar-refractivity contribution < 1.29 is 0 Å². The first-order valence-electron chi connectivity index (χ1n) is 11.4. The van der Waals surface area contributed by atoms with Crippen LogP contribution in [0.15, 0.2) is 48.8 Å². The third kappa shape index (κ3) is 3.46. The molecule has 0 aliphatic carbocycles. The van der Waals surface area contributed by atoms with Gasteiger partial charge in [0.05, 0.1) is 24.0 Å². The molecule has 0 bridgehead atoms. The molecular formula is C28H30N2SSi. The zero-order chi connectivity index (χ0) is 22.8. The first kappa shape index (κ1) is 21.3. The minimum Gasteiger partial charge on any atom is -0.235 e. The predicted octanol–water partition coefficient (Wildman–Crippen LogP) is 7.95. The standard InChI is InChI=1S/C28H30N2SSi/c1-16(2)23-13-20(12-19-10-17(3)18(4)11-24(19)23)26-28-27(30-15-29-26)22-9-8-21(32(5,6)7)14-25(22)31-28/h8-16H,1-7H3. The average molecular weight is 455 g/mol. The summed E-state index contributed by atoms with van der Waals surface area (Å²) in [5.41, 5.74) is 7.37. The first-order chi connectivity index (χ1) is 15.1. The van der Waals surface area contributed by atoms with Crippen molar-refractivity contribution in [2.75, 3.05) is 0 Å². The van der Waals surface area contributed by atoms with E-state index in [2.05, 4.69) is 89.8 Å². The van der Waals surface area contributed by atoms with E-state index in [1.54, 1.807) is 6.33 Å². The summed E-state index contributed by atoms with van der Waals surface area (Å²) in [5, 5.41) is 5.38. The number of hydrogen-bond donors (Lipinski definition) is 0. The summed E-state index contributed by atoms with van der Waals surface area (Å²) in [6, 6.07) is 16.3. The molecular weight excluding hydrogens is 424 g/mol. The minimum absolute atomic E-state index is 0.443. The maximum atomic E-state index is 4.80. The summed E-state index contributed by atoms with van der Waals surface area (Å²) >= 11 is 1.84. The van der Waals surface area contributed by atoms with E-state index in [0.29, 0.717) is 5.92 Å². The van der Waals surface area contributed by atoms with E-state index in [0.717, 1.165) is 11.2 Å². The molecule has 0 fully saturated rings. The number of aryl methyl sites for hydroxylation is 2. The Hall–Kier alpha value is -2.56. The van der Waals surface area contributed by atoms with Crippen LogP contribution in [-0.2, 0) is 0 Å². The molecule has 0 spiro atoms. The number of rotatable bonds is 3. The summed E-state index contributed by atoms with van der Waals surface area (Å²) in [7, 11) is -1.37. The SMILES string of the molecule is Cc1cc2cc(-c3ncnc4c3sc3cc([Si](C)(C)C)ccc34)cc(C(C)C)c2cc1C. The van der Waals surface area contributed by atoms with Crippen molar-refractivity contribution >= 4 is 55.7 Å². The van der Waals surface area contributed by atoms with Gasteiger partial charge in [-0.05, 0) is 65.4 Å². The van der Waals surface area contributed by atoms with Crippen molar-refractivity contribution in [1.29, 1.82) is 0 Å². The van der Waals surface area contributed by atoms with Gasteiger partial charge >= 0.3 is 0 Å². The largest absolute Gasteiger partial charge is 0.235 e. The molecule has 5 rings (SSSR count). The van der Waals surface area contributed by atoms with Gasteiger partial charge in [-0.3, -0.25) is 0 Å². The van der Waals surface area contributed by atoms with Gasteiger partial charge in [0.2, 0.25) is 0 Å². The van der Waals surface area contributed by atoms with Crippen LogP contribution in [0.2, 0.25) is 19.6 Å². The second-order valence-corrected chi connectivity index (χ2v) is 16.5. The highest BCUT2D eigenvalue weighted by Gasteiger charge is 2.20. The van der Waals surface area contributed by atoms with Crippen LogP contribution in [0.3, 0.4) is 0 Å². The second-order valence-electron chi connectivity index (χ2n) is 10.3. The van der Waals surface area contributed by atoms with Crippen LogP contribution >= 0.6 is 11.3 Å². The van der Waals surface area contributed by atoms with E-state index in [1.165, 1.54) is 53.0 Å². The van der Waals surface area contributed by atoms with E-state index in [1.807, 2.05) is 11.3 Å². The fraction of sp³-hybridized carbons (Fsp3) is 0.286. The molecule has 0 saturated carbocycles. The van der Waals surface area contributed by atoms with Crippen molar-refractivity contribution in [3.05, 3.63) is 65.5 Å². The molecule has 0 atom stereocenters. The molecule has 0 unspecified atom stereocenters. The fourth-order valence-corrected chi connectivity index (χ4v) is 7.00. The Morgan fingerprint density at radius 1 is 0.844 bits per heavy atom. The summed E-state index contributed by atoms with van der Waals surface area (Å²) in [4.78, 5) is 9.50. The van der Waals surface area contributed by atoms with Gasteiger partial charge in [-0.25, -0.2) is 9.97 Å². The summed E-state index contributed by atoms with van der Waals surface area (Å²) in [6.45, 7) is 16.2. The van der Waals surface area contributed by atoms with Gasteiger partial charge in [0.15, 0.2) is 0 Å². The number of fused-ring (bicyclic) bond motifs is 4. The number of hydrogen-bond acceptors (Lipinski definition) is 3. The average Bonchev–Trinajstić information content (AvgIpc) is 3.11. The molecule has 2 nitrogen and oxygen atoms in total. The van der Waals surface area contributed by atoms with Crippen molar-refractivity contribution in [3.8, 4) is 11.3 Å². The second kappa shape index (κ2) is 7.50. The topological polar surface area (TPSA) is 25.8 Å². The molecule has 5 aromatic rings. The Balaban J connectivity index is 1.80. The Kier molecular flexibility index (Phi) is 4.99. The maximum absolute atomic E-state index is 4.80. The van der Waals surface area contributed by atoms with Crippen molar-refractivity contribution in [2.45, 2.75) is 53.3 Å². The molecule has 32 heavy (non-hydrogen) atoms. The van der Waals surface area contributed by atoms with Crippen LogP contribution in [0, 0.1) is 13.8 Å². The van der Waals surface area contributed by atoms with Crippen LogP contribution in [0.4, 0.5) is 0 Å². The summed E-state index contributed by atoms with van der Waals surface area (Å²) in [5.74, 6) is 0.443. The Labute approximate surface area is 195 Å². The number of nitrogens with zero attached hydrogens (tertiary/aromatic N) is 2. The lowest BCUT2D eigenvalue weighted by atomic mass is 9.90. The molecule has 0 amide bonds. The van der Waals surface area contributed by atoms with Crippen LogP contribution in [0.1, 0.15) is 36.5 Å². The number of aromatic nitrogens is 2. The zero-order valence-electron chi connectivity index (χ0n) is 20.0. The minimum atomic E-state index is -1.37. The molecule has 0 aliphatic rings. The van der Waals surface area contributed by atoms with Crippen molar-refractivity contribution in [3.63, 3.8) is 0 Å². The number of thiophene rings is 1. The molecule has 0 saturated heterocycles. The monoisotopic (exact) mass is 454 g/mol. The highest BCUT2D eigenvalue weighted by atomic mass is 32.1. The third-order valence-corrected chi connectivity index (χ3v) is 9.80. The third-order valence-electron chi connectivity index (χ3n) is 6.61. The Morgan fingerprint density at radius 3 is 2.31 bits per heavy atom. The normalized spacial score (nSPS) is 12.5. The predicted molar refractivity (Wildman–Crippen MR) is 144 cm³/mol. The number of benzene rings is 3. The van der Waals surface area contributed by atoms with E-state index in [-0.39, 0.29) is 0 Å². The summed E-state index contributed by atoms with van der Waals surface area (Å²) < 4.78 is 2.51. The van der Waals surface area contributed by atoms with E-state index < -0.39 is 8.07 Å². The van der Waals surface area contributed by atoms with Gasteiger partial charge < -0.3 is 0 Å². The lowest BCUT2D eigenvalue weighted by Gasteiger charge is -2.16. The maximum Gasteiger partial charge on any atom is 0.116 e. The van der Waals surface area contributed by atoms with Gasteiger partial charge in [0.1, 0.15) is 6.33 Å². The van der Waals surface area contributed by atoms with Crippen LogP contribution in [-0.4, -0.2) is 18.0 Å². The Bertz CT molecular complexity index is 1510. The smallest absolute Gasteiger partial charge is 0.116 e. The quantitative estimate of drug-likeness (QED) is 0.258. The lowest BCUT2D eigenvalue weighted by Crippen LogP contribution is -2.37. The fourth-order valence-electron chi connectivity index (χ4n) is 4.52. The van der Waals surface area contributed by atoms with Crippen molar-refractivity contribution in [1.82, 2.24) is 9.97 Å². The van der Waals surface area contributed by atoms with Gasteiger partial charge in [0, 0.05) is 15.6 Å². The molecule has 162 valence electrons. The molecule has 0 aliphatic heterocycles. The van der Waals surface area contributed by atoms with E-state index in [4.69, 9.17) is 9.97 Å². The molecule has 2 aromatic heterocycles. The molecule has 4 heteroatoms. The highest BCUT2D eigenvalue weighted by Crippen LogP contribution is 2.40. The molecule has 2 heterocycles. The first-order valence-corrected chi connectivity index (χ1v) is 15.7.